The third-order valence-corrected chi connectivity index (χ3v) is 3.00. The maximum absolute atomic E-state index is 11.7. The Kier molecular flexibility index (Phi) is 7.79. The van der Waals surface area contributed by atoms with Gasteiger partial charge in [0.15, 0.2) is 0 Å². The molecule has 5 nitrogen and oxygen atoms in total. The average Bonchev–Trinajstić information content (AvgIpc) is 2.44. The molecule has 116 valence electrons. The third kappa shape index (κ3) is 7.68. The molecule has 0 aliphatic rings. The van der Waals surface area contributed by atoms with Crippen molar-refractivity contribution < 1.29 is 9.59 Å². The standard InChI is InChI=1S/C15H22ClN3O2/c1-11(2)9-18-14(20)7-8-17-10-15(21)19-13-6-4-3-5-12(13)16/h3-6,11,17H,7-10H2,1-2H3,(H,18,20)(H,19,21). The zero-order chi connectivity index (χ0) is 15.7. The average molecular weight is 312 g/mol. The van der Waals surface area contributed by atoms with E-state index in [2.05, 4.69) is 16.0 Å². The summed E-state index contributed by atoms with van der Waals surface area (Å²) in [6.07, 6.45) is 0.353. The number of hydrogen-bond donors (Lipinski definition) is 3. The minimum atomic E-state index is -0.189. The largest absolute Gasteiger partial charge is 0.356 e. The monoisotopic (exact) mass is 311 g/mol. The minimum Gasteiger partial charge on any atom is -0.356 e. The fourth-order valence-corrected chi connectivity index (χ4v) is 1.75. The van der Waals surface area contributed by atoms with E-state index in [1.54, 1.807) is 24.3 Å². The van der Waals surface area contributed by atoms with Crippen LogP contribution in [0.5, 0.6) is 0 Å². The van der Waals surface area contributed by atoms with Crippen molar-refractivity contribution in [3.05, 3.63) is 29.3 Å². The van der Waals surface area contributed by atoms with Crippen molar-refractivity contribution in [1.82, 2.24) is 10.6 Å². The van der Waals surface area contributed by atoms with Crippen LogP contribution in [0, 0.1) is 5.92 Å². The first kappa shape index (κ1) is 17.5. The van der Waals surface area contributed by atoms with Gasteiger partial charge in [-0.05, 0) is 18.1 Å². The number of halogens is 1. The number of hydrogen-bond acceptors (Lipinski definition) is 3. The van der Waals surface area contributed by atoms with Crippen molar-refractivity contribution in [2.24, 2.45) is 5.92 Å². The highest BCUT2D eigenvalue weighted by Gasteiger charge is 2.06. The number of amides is 2. The van der Waals surface area contributed by atoms with Crippen LogP contribution in [-0.2, 0) is 9.59 Å². The van der Waals surface area contributed by atoms with Crippen molar-refractivity contribution >= 4 is 29.1 Å². The zero-order valence-electron chi connectivity index (χ0n) is 12.4. The van der Waals surface area contributed by atoms with E-state index in [1.165, 1.54) is 0 Å². The van der Waals surface area contributed by atoms with E-state index >= 15 is 0 Å². The number of carbonyl (C=O) groups excluding carboxylic acids is 2. The summed E-state index contributed by atoms with van der Waals surface area (Å²) < 4.78 is 0. The molecule has 3 N–H and O–H groups in total. The van der Waals surface area contributed by atoms with E-state index < -0.39 is 0 Å². The number of para-hydroxylation sites is 1. The molecule has 1 rings (SSSR count). The molecule has 0 radical (unpaired) electrons. The molecule has 1 aromatic carbocycles. The van der Waals surface area contributed by atoms with Crippen molar-refractivity contribution in [2.75, 3.05) is 25.0 Å². The molecule has 0 fully saturated rings. The van der Waals surface area contributed by atoms with Gasteiger partial charge in [0.2, 0.25) is 11.8 Å². The first-order valence-corrected chi connectivity index (χ1v) is 7.38. The molecule has 21 heavy (non-hydrogen) atoms. The molecule has 0 saturated carbocycles. The maximum atomic E-state index is 11.7. The molecule has 0 unspecified atom stereocenters. The summed E-state index contributed by atoms with van der Waals surface area (Å²) in [5.74, 6) is 0.233. The van der Waals surface area contributed by atoms with Gasteiger partial charge >= 0.3 is 0 Å². The molecule has 0 heterocycles. The topological polar surface area (TPSA) is 70.2 Å². The van der Waals surface area contributed by atoms with Gasteiger partial charge in [0, 0.05) is 19.5 Å². The predicted molar refractivity (Wildman–Crippen MR) is 85.4 cm³/mol. The second-order valence-electron chi connectivity index (χ2n) is 5.15. The Hall–Kier alpha value is -1.59. The first-order chi connectivity index (χ1) is 9.99. The summed E-state index contributed by atoms with van der Waals surface area (Å²) in [6, 6.07) is 7.04. The highest BCUT2D eigenvalue weighted by atomic mass is 35.5. The minimum absolute atomic E-state index is 0.0114. The summed E-state index contributed by atoms with van der Waals surface area (Å²) in [6.45, 7) is 5.35. The summed E-state index contributed by atoms with van der Waals surface area (Å²) in [4.78, 5) is 23.2. The van der Waals surface area contributed by atoms with Crippen molar-refractivity contribution in [1.29, 1.82) is 0 Å². The Labute approximate surface area is 130 Å². The molecule has 0 saturated heterocycles. The molecule has 0 aromatic heterocycles. The lowest BCUT2D eigenvalue weighted by Gasteiger charge is -2.09. The third-order valence-electron chi connectivity index (χ3n) is 2.67. The van der Waals surface area contributed by atoms with E-state index in [1.807, 2.05) is 13.8 Å². The van der Waals surface area contributed by atoms with Crippen molar-refractivity contribution in [2.45, 2.75) is 20.3 Å². The Morgan fingerprint density at radius 3 is 2.57 bits per heavy atom. The smallest absolute Gasteiger partial charge is 0.238 e. The van der Waals surface area contributed by atoms with Gasteiger partial charge in [0.1, 0.15) is 0 Å². The Morgan fingerprint density at radius 1 is 1.19 bits per heavy atom. The van der Waals surface area contributed by atoms with E-state index in [0.717, 1.165) is 0 Å². The molecule has 0 bridgehead atoms. The number of benzene rings is 1. The molecule has 0 spiro atoms. The fraction of sp³-hybridized carbons (Fsp3) is 0.467. The maximum Gasteiger partial charge on any atom is 0.238 e. The van der Waals surface area contributed by atoms with Gasteiger partial charge in [-0.25, -0.2) is 0 Å². The van der Waals surface area contributed by atoms with Crippen LogP contribution in [0.25, 0.3) is 0 Å². The van der Waals surface area contributed by atoms with Gasteiger partial charge in [0.05, 0.1) is 17.3 Å². The van der Waals surface area contributed by atoms with Gasteiger partial charge in [-0.15, -0.1) is 0 Å². The van der Waals surface area contributed by atoms with Crippen molar-refractivity contribution in [3.63, 3.8) is 0 Å². The van der Waals surface area contributed by atoms with E-state index in [4.69, 9.17) is 11.6 Å². The van der Waals surface area contributed by atoms with Crippen LogP contribution in [-0.4, -0.2) is 31.4 Å². The van der Waals surface area contributed by atoms with Crippen LogP contribution < -0.4 is 16.0 Å². The lowest BCUT2D eigenvalue weighted by Crippen LogP contribution is -2.33. The number of anilines is 1. The van der Waals surface area contributed by atoms with Gasteiger partial charge < -0.3 is 16.0 Å². The lowest BCUT2D eigenvalue weighted by molar-refractivity contribution is -0.121. The summed E-state index contributed by atoms with van der Waals surface area (Å²) in [7, 11) is 0. The second-order valence-corrected chi connectivity index (χ2v) is 5.56. The molecular formula is C15H22ClN3O2. The molecule has 0 aliphatic heterocycles. The number of carbonyl (C=O) groups is 2. The molecule has 0 aliphatic carbocycles. The van der Waals surface area contributed by atoms with Crippen LogP contribution in [0.15, 0.2) is 24.3 Å². The highest BCUT2D eigenvalue weighted by molar-refractivity contribution is 6.33. The Balaban J connectivity index is 2.17. The Bertz CT molecular complexity index is 478. The van der Waals surface area contributed by atoms with Gasteiger partial charge in [0.25, 0.3) is 0 Å². The lowest BCUT2D eigenvalue weighted by atomic mass is 10.2. The van der Waals surface area contributed by atoms with Crippen LogP contribution in [0.3, 0.4) is 0 Å². The van der Waals surface area contributed by atoms with Crippen molar-refractivity contribution in [3.8, 4) is 0 Å². The summed E-state index contributed by atoms with van der Waals surface area (Å²) >= 11 is 5.94. The quantitative estimate of drug-likeness (QED) is 0.643. The highest BCUT2D eigenvalue weighted by Crippen LogP contribution is 2.19. The molecular weight excluding hydrogens is 290 g/mol. The van der Waals surface area contributed by atoms with Gasteiger partial charge in [-0.3, -0.25) is 9.59 Å². The molecule has 0 atom stereocenters. The number of nitrogens with one attached hydrogen (secondary N) is 3. The van der Waals surface area contributed by atoms with Gasteiger partial charge in [-0.1, -0.05) is 37.6 Å². The second kappa shape index (κ2) is 9.37. The van der Waals surface area contributed by atoms with E-state index in [-0.39, 0.29) is 18.4 Å². The Morgan fingerprint density at radius 2 is 1.90 bits per heavy atom. The molecule has 6 heteroatoms. The molecule has 2 amide bonds. The molecule has 1 aromatic rings. The van der Waals surface area contributed by atoms with E-state index in [0.29, 0.717) is 36.1 Å². The summed E-state index contributed by atoms with van der Waals surface area (Å²) in [5.41, 5.74) is 0.584. The normalized spacial score (nSPS) is 10.5. The first-order valence-electron chi connectivity index (χ1n) is 7.01. The number of rotatable bonds is 8. The van der Waals surface area contributed by atoms with Crippen LogP contribution in [0.4, 0.5) is 5.69 Å². The zero-order valence-corrected chi connectivity index (χ0v) is 13.2. The predicted octanol–water partition coefficient (Wildman–Crippen LogP) is 2.03. The van der Waals surface area contributed by atoms with Crippen LogP contribution >= 0.6 is 11.6 Å². The SMILES string of the molecule is CC(C)CNC(=O)CCNCC(=O)Nc1ccccc1Cl. The van der Waals surface area contributed by atoms with E-state index in [9.17, 15) is 9.59 Å². The fourth-order valence-electron chi connectivity index (χ4n) is 1.57. The van der Waals surface area contributed by atoms with Gasteiger partial charge in [-0.2, -0.15) is 0 Å². The van der Waals surface area contributed by atoms with Crippen LogP contribution in [0.2, 0.25) is 5.02 Å². The van der Waals surface area contributed by atoms with Crippen LogP contribution in [0.1, 0.15) is 20.3 Å². The summed E-state index contributed by atoms with van der Waals surface area (Å²) in [5, 5.41) is 8.95.